The molecule has 0 atom stereocenters. The van der Waals surface area contributed by atoms with Crippen molar-refractivity contribution >= 4 is 15.9 Å². The van der Waals surface area contributed by atoms with Gasteiger partial charge in [0.05, 0.1) is 17.1 Å². The largest absolute Gasteiger partial charge is 0.380 e. The minimum absolute atomic E-state index is 0.0384. The maximum atomic E-state index is 11.8. The molecule has 3 N–H and O–H groups in total. The summed E-state index contributed by atoms with van der Waals surface area (Å²) in [7, 11) is -3.91. The van der Waals surface area contributed by atoms with E-state index in [1.807, 2.05) is 6.92 Å². The SMILES string of the molecule is CCOCCNC(=O)c1ccccc1S(N)(=O)=O. The number of benzene rings is 1. The summed E-state index contributed by atoms with van der Waals surface area (Å²) in [6.07, 6.45) is 0. The maximum Gasteiger partial charge on any atom is 0.252 e. The van der Waals surface area contributed by atoms with E-state index in [0.29, 0.717) is 19.8 Å². The maximum absolute atomic E-state index is 11.8. The van der Waals surface area contributed by atoms with Crippen LogP contribution in [0.3, 0.4) is 0 Å². The van der Waals surface area contributed by atoms with Gasteiger partial charge in [0.15, 0.2) is 0 Å². The van der Waals surface area contributed by atoms with E-state index in [1.165, 1.54) is 18.2 Å². The van der Waals surface area contributed by atoms with Crippen molar-refractivity contribution in [3.63, 3.8) is 0 Å². The van der Waals surface area contributed by atoms with Crippen LogP contribution in [0.15, 0.2) is 29.2 Å². The highest BCUT2D eigenvalue weighted by Gasteiger charge is 2.17. The number of hydrogen-bond acceptors (Lipinski definition) is 4. The molecule has 1 rings (SSSR count). The zero-order valence-electron chi connectivity index (χ0n) is 10.0. The molecular formula is C11H16N2O4S. The van der Waals surface area contributed by atoms with E-state index in [4.69, 9.17) is 9.88 Å². The van der Waals surface area contributed by atoms with Crippen LogP contribution in [0.4, 0.5) is 0 Å². The average molecular weight is 272 g/mol. The van der Waals surface area contributed by atoms with Gasteiger partial charge in [0, 0.05) is 13.2 Å². The predicted octanol–water partition coefficient (Wildman–Crippen LogP) is 0.100. The highest BCUT2D eigenvalue weighted by atomic mass is 32.2. The molecule has 1 aromatic rings. The lowest BCUT2D eigenvalue weighted by molar-refractivity contribution is 0.0919. The second kappa shape index (κ2) is 6.48. The Morgan fingerprint density at radius 1 is 1.39 bits per heavy atom. The first-order valence-corrected chi connectivity index (χ1v) is 6.99. The van der Waals surface area contributed by atoms with E-state index in [2.05, 4.69) is 5.32 Å². The van der Waals surface area contributed by atoms with E-state index >= 15 is 0 Å². The highest BCUT2D eigenvalue weighted by Crippen LogP contribution is 2.13. The summed E-state index contributed by atoms with van der Waals surface area (Å²) in [5.41, 5.74) is 0.0384. The van der Waals surface area contributed by atoms with Crippen molar-refractivity contribution in [2.24, 2.45) is 5.14 Å². The first kappa shape index (κ1) is 14.6. The molecule has 0 spiro atoms. The standard InChI is InChI=1S/C11H16N2O4S/c1-2-17-8-7-13-11(14)9-5-3-4-6-10(9)18(12,15)16/h3-6H,2,7-8H2,1H3,(H,13,14)(H2,12,15,16). The summed E-state index contributed by atoms with van der Waals surface area (Å²) in [6.45, 7) is 3.09. The molecule has 0 saturated heterocycles. The number of nitrogens with two attached hydrogens (primary N) is 1. The van der Waals surface area contributed by atoms with Crippen LogP contribution < -0.4 is 10.5 Å². The normalized spacial score (nSPS) is 11.2. The lowest BCUT2D eigenvalue weighted by Crippen LogP contribution is -2.29. The number of ether oxygens (including phenoxy) is 1. The molecule has 18 heavy (non-hydrogen) atoms. The smallest absolute Gasteiger partial charge is 0.252 e. The fourth-order valence-electron chi connectivity index (χ4n) is 1.38. The van der Waals surface area contributed by atoms with Crippen LogP contribution in [0.1, 0.15) is 17.3 Å². The first-order chi connectivity index (χ1) is 8.46. The van der Waals surface area contributed by atoms with Gasteiger partial charge in [-0.25, -0.2) is 13.6 Å². The van der Waals surface area contributed by atoms with E-state index in [0.717, 1.165) is 0 Å². The van der Waals surface area contributed by atoms with Crippen LogP contribution in [0.2, 0.25) is 0 Å². The van der Waals surface area contributed by atoms with Gasteiger partial charge in [-0.3, -0.25) is 4.79 Å². The van der Waals surface area contributed by atoms with Gasteiger partial charge in [0.1, 0.15) is 0 Å². The van der Waals surface area contributed by atoms with Crippen LogP contribution in [-0.2, 0) is 14.8 Å². The lowest BCUT2D eigenvalue weighted by atomic mass is 10.2. The Kier molecular flexibility index (Phi) is 5.26. The molecule has 0 bridgehead atoms. The Morgan fingerprint density at radius 2 is 2.06 bits per heavy atom. The van der Waals surface area contributed by atoms with Crippen molar-refractivity contribution in [3.8, 4) is 0 Å². The molecule has 0 saturated carbocycles. The van der Waals surface area contributed by atoms with Gasteiger partial charge in [0.25, 0.3) is 5.91 Å². The zero-order valence-corrected chi connectivity index (χ0v) is 10.9. The van der Waals surface area contributed by atoms with Crippen LogP contribution in [0.25, 0.3) is 0 Å². The quantitative estimate of drug-likeness (QED) is 0.717. The van der Waals surface area contributed by atoms with Gasteiger partial charge in [-0.15, -0.1) is 0 Å². The third-order valence-electron chi connectivity index (χ3n) is 2.17. The fourth-order valence-corrected chi connectivity index (χ4v) is 2.11. The molecule has 7 heteroatoms. The second-order valence-corrected chi connectivity index (χ2v) is 5.02. The number of carbonyl (C=O) groups excluding carboxylic acids is 1. The molecular weight excluding hydrogens is 256 g/mol. The summed E-state index contributed by atoms with van der Waals surface area (Å²) in [6, 6.07) is 5.80. The second-order valence-electron chi connectivity index (χ2n) is 3.49. The number of amides is 1. The molecule has 0 aliphatic carbocycles. The molecule has 0 radical (unpaired) electrons. The Labute approximate surface area is 106 Å². The third-order valence-corrected chi connectivity index (χ3v) is 3.14. The number of hydrogen-bond donors (Lipinski definition) is 2. The molecule has 1 aromatic carbocycles. The highest BCUT2D eigenvalue weighted by molar-refractivity contribution is 7.89. The van der Waals surface area contributed by atoms with Crippen LogP contribution in [0, 0.1) is 0 Å². The molecule has 0 fully saturated rings. The van der Waals surface area contributed by atoms with E-state index < -0.39 is 15.9 Å². The Hall–Kier alpha value is -1.44. The van der Waals surface area contributed by atoms with E-state index in [1.54, 1.807) is 6.07 Å². The van der Waals surface area contributed by atoms with Gasteiger partial charge in [0.2, 0.25) is 10.0 Å². The lowest BCUT2D eigenvalue weighted by Gasteiger charge is -2.08. The van der Waals surface area contributed by atoms with Crippen molar-refractivity contribution in [1.29, 1.82) is 0 Å². The molecule has 0 aliphatic heterocycles. The van der Waals surface area contributed by atoms with Crippen molar-refractivity contribution in [2.75, 3.05) is 19.8 Å². The predicted molar refractivity (Wildman–Crippen MR) is 66.6 cm³/mol. The minimum atomic E-state index is -3.91. The molecule has 0 unspecified atom stereocenters. The average Bonchev–Trinajstić information content (AvgIpc) is 2.33. The van der Waals surface area contributed by atoms with Gasteiger partial charge in [-0.2, -0.15) is 0 Å². The van der Waals surface area contributed by atoms with Crippen molar-refractivity contribution in [1.82, 2.24) is 5.32 Å². The van der Waals surface area contributed by atoms with Crippen LogP contribution in [-0.4, -0.2) is 34.1 Å². The van der Waals surface area contributed by atoms with Crippen LogP contribution >= 0.6 is 0 Å². The summed E-state index contributed by atoms with van der Waals surface area (Å²) in [5.74, 6) is -0.487. The Bertz CT molecular complexity index is 514. The number of primary sulfonamides is 1. The molecule has 0 aliphatic rings. The first-order valence-electron chi connectivity index (χ1n) is 5.44. The van der Waals surface area contributed by atoms with Gasteiger partial charge in [-0.1, -0.05) is 12.1 Å². The number of sulfonamides is 1. The molecule has 0 heterocycles. The van der Waals surface area contributed by atoms with Gasteiger partial charge < -0.3 is 10.1 Å². The number of carbonyl (C=O) groups is 1. The van der Waals surface area contributed by atoms with Crippen LogP contribution in [0.5, 0.6) is 0 Å². The van der Waals surface area contributed by atoms with E-state index in [-0.39, 0.29) is 10.5 Å². The third kappa shape index (κ3) is 4.10. The summed E-state index contributed by atoms with van der Waals surface area (Å²) in [5, 5.41) is 7.60. The van der Waals surface area contributed by atoms with Crippen molar-refractivity contribution in [2.45, 2.75) is 11.8 Å². The molecule has 0 aromatic heterocycles. The summed E-state index contributed by atoms with van der Waals surface area (Å²) in [4.78, 5) is 11.6. The molecule has 6 nitrogen and oxygen atoms in total. The minimum Gasteiger partial charge on any atom is -0.380 e. The number of nitrogens with one attached hydrogen (secondary N) is 1. The van der Waals surface area contributed by atoms with E-state index in [9.17, 15) is 13.2 Å². The van der Waals surface area contributed by atoms with Gasteiger partial charge in [-0.05, 0) is 19.1 Å². The monoisotopic (exact) mass is 272 g/mol. The topological polar surface area (TPSA) is 98.5 Å². The van der Waals surface area contributed by atoms with Crippen molar-refractivity contribution < 1.29 is 17.9 Å². The summed E-state index contributed by atoms with van der Waals surface area (Å²) >= 11 is 0. The molecule has 1 amide bonds. The number of rotatable bonds is 6. The Morgan fingerprint density at radius 3 is 2.67 bits per heavy atom. The van der Waals surface area contributed by atoms with Crippen molar-refractivity contribution in [3.05, 3.63) is 29.8 Å². The fraction of sp³-hybridized carbons (Fsp3) is 0.364. The van der Waals surface area contributed by atoms with Gasteiger partial charge >= 0.3 is 0 Å². The summed E-state index contributed by atoms with van der Waals surface area (Å²) < 4.78 is 27.7. The Balaban J connectivity index is 2.80. The zero-order chi connectivity index (χ0) is 13.6. The molecule has 100 valence electrons.